The summed E-state index contributed by atoms with van der Waals surface area (Å²) in [4.78, 5) is 22.5. The van der Waals surface area contributed by atoms with Crippen molar-refractivity contribution in [2.75, 3.05) is 12.4 Å². The van der Waals surface area contributed by atoms with E-state index in [2.05, 4.69) is 24.5 Å². The fourth-order valence-corrected chi connectivity index (χ4v) is 1.82. The molecule has 2 unspecified atom stereocenters. The van der Waals surface area contributed by atoms with Crippen LogP contribution in [0.3, 0.4) is 0 Å². The lowest BCUT2D eigenvalue weighted by atomic mass is 10.0. The van der Waals surface area contributed by atoms with E-state index in [0.717, 1.165) is 6.42 Å². The number of nitro benzene ring substituents is 1. The van der Waals surface area contributed by atoms with E-state index in [1.165, 1.54) is 18.2 Å². The molecule has 0 saturated carbocycles. The van der Waals surface area contributed by atoms with Crippen LogP contribution in [0.2, 0.25) is 0 Å². The number of nitro groups is 1. The van der Waals surface area contributed by atoms with Crippen LogP contribution in [-0.2, 0) is 0 Å². The van der Waals surface area contributed by atoms with E-state index < -0.39 is 4.92 Å². The van der Waals surface area contributed by atoms with Crippen molar-refractivity contribution >= 4 is 17.3 Å². The molecule has 0 aliphatic rings. The number of nitrogens with zero attached hydrogens (tertiary/aromatic N) is 1. The van der Waals surface area contributed by atoms with Gasteiger partial charge in [-0.2, -0.15) is 0 Å². The number of carbonyl (C=O) groups excluding carboxylic acids is 1. The summed E-state index contributed by atoms with van der Waals surface area (Å²) in [5.41, 5.74) is 0.702. The van der Waals surface area contributed by atoms with Crippen molar-refractivity contribution in [1.82, 2.24) is 5.32 Å². The minimum absolute atomic E-state index is 0.0426. The van der Waals surface area contributed by atoms with Gasteiger partial charge in [0.15, 0.2) is 0 Å². The smallest absolute Gasteiger partial charge is 0.292 e. The monoisotopic (exact) mass is 279 g/mol. The van der Waals surface area contributed by atoms with E-state index in [0.29, 0.717) is 17.2 Å². The van der Waals surface area contributed by atoms with Gasteiger partial charge >= 0.3 is 0 Å². The first-order valence-corrected chi connectivity index (χ1v) is 6.67. The van der Waals surface area contributed by atoms with Crippen molar-refractivity contribution in [1.29, 1.82) is 0 Å². The van der Waals surface area contributed by atoms with Gasteiger partial charge in [-0.25, -0.2) is 0 Å². The highest BCUT2D eigenvalue weighted by atomic mass is 16.6. The normalized spacial score (nSPS) is 13.4. The van der Waals surface area contributed by atoms with Crippen molar-refractivity contribution in [3.63, 3.8) is 0 Å². The second-order valence-electron chi connectivity index (χ2n) is 4.89. The molecule has 20 heavy (non-hydrogen) atoms. The lowest BCUT2D eigenvalue weighted by Gasteiger charge is -2.20. The fraction of sp³-hybridized carbons (Fsp3) is 0.500. The molecule has 1 aromatic rings. The number of anilines is 1. The Morgan fingerprint density at radius 3 is 2.55 bits per heavy atom. The predicted molar refractivity (Wildman–Crippen MR) is 79.0 cm³/mol. The van der Waals surface area contributed by atoms with Gasteiger partial charge in [0.05, 0.1) is 4.92 Å². The van der Waals surface area contributed by atoms with Gasteiger partial charge in [0, 0.05) is 24.7 Å². The van der Waals surface area contributed by atoms with E-state index in [4.69, 9.17) is 0 Å². The molecule has 0 spiro atoms. The van der Waals surface area contributed by atoms with Crippen LogP contribution in [0.4, 0.5) is 11.4 Å². The van der Waals surface area contributed by atoms with Gasteiger partial charge in [0.25, 0.3) is 11.6 Å². The topological polar surface area (TPSA) is 84.3 Å². The third-order valence-electron chi connectivity index (χ3n) is 3.58. The maximum absolute atomic E-state index is 12.1. The van der Waals surface area contributed by atoms with Gasteiger partial charge in [0.1, 0.15) is 5.69 Å². The first-order valence-electron chi connectivity index (χ1n) is 6.67. The standard InChI is InChI=1S/C14H21N3O3/c1-5-9(2)10(3)16-14(18)11-6-7-13(17(19)20)12(8-11)15-4/h6-10,15H,5H2,1-4H3,(H,16,18). The predicted octanol–water partition coefficient (Wildman–Crippen LogP) is 2.80. The third kappa shape index (κ3) is 3.69. The van der Waals surface area contributed by atoms with E-state index in [-0.39, 0.29) is 17.6 Å². The maximum atomic E-state index is 12.1. The molecule has 0 saturated heterocycles. The molecule has 1 aromatic carbocycles. The molecule has 2 atom stereocenters. The molecule has 6 nitrogen and oxygen atoms in total. The highest BCUT2D eigenvalue weighted by Crippen LogP contribution is 2.25. The Hall–Kier alpha value is -2.11. The highest BCUT2D eigenvalue weighted by molar-refractivity contribution is 5.96. The Kier molecular flexibility index (Phi) is 5.49. The summed E-state index contributed by atoms with van der Waals surface area (Å²) in [6.45, 7) is 6.09. The molecule has 0 bridgehead atoms. The Morgan fingerprint density at radius 2 is 2.05 bits per heavy atom. The second-order valence-corrected chi connectivity index (χ2v) is 4.89. The largest absolute Gasteiger partial charge is 0.383 e. The lowest BCUT2D eigenvalue weighted by molar-refractivity contribution is -0.383. The molecule has 0 heterocycles. The van der Waals surface area contributed by atoms with E-state index in [1.54, 1.807) is 7.05 Å². The number of carbonyl (C=O) groups is 1. The number of hydrogen-bond donors (Lipinski definition) is 2. The number of hydrogen-bond acceptors (Lipinski definition) is 4. The molecule has 0 aliphatic carbocycles. The minimum Gasteiger partial charge on any atom is -0.383 e. The first-order chi connectivity index (χ1) is 9.40. The molecule has 0 aliphatic heterocycles. The van der Waals surface area contributed by atoms with Crippen LogP contribution in [0.1, 0.15) is 37.6 Å². The molecule has 110 valence electrons. The zero-order chi connectivity index (χ0) is 15.3. The zero-order valence-corrected chi connectivity index (χ0v) is 12.3. The van der Waals surface area contributed by atoms with E-state index in [9.17, 15) is 14.9 Å². The first kappa shape index (κ1) is 15.9. The van der Waals surface area contributed by atoms with Crippen LogP contribution in [0, 0.1) is 16.0 Å². The van der Waals surface area contributed by atoms with Crippen LogP contribution in [-0.4, -0.2) is 23.9 Å². The number of amides is 1. The van der Waals surface area contributed by atoms with Gasteiger partial charge < -0.3 is 10.6 Å². The Labute approximate surface area is 118 Å². The molecule has 6 heteroatoms. The summed E-state index contributed by atoms with van der Waals surface area (Å²) in [6.07, 6.45) is 0.976. The summed E-state index contributed by atoms with van der Waals surface area (Å²) < 4.78 is 0. The van der Waals surface area contributed by atoms with Crippen LogP contribution in [0.25, 0.3) is 0 Å². The zero-order valence-electron chi connectivity index (χ0n) is 12.3. The van der Waals surface area contributed by atoms with Gasteiger partial charge in [-0.05, 0) is 25.0 Å². The SMILES string of the molecule is CCC(C)C(C)NC(=O)c1ccc([N+](=O)[O-])c(NC)c1. The summed E-state index contributed by atoms with van der Waals surface area (Å²) in [6, 6.07) is 4.36. The van der Waals surface area contributed by atoms with Gasteiger partial charge in [-0.3, -0.25) is 14.9 Å². The molecular formula is C14H21N3O3. The molecule has 0 radical (unpaired) electrons. The third-order valence-corrected chi connectivity index (χ3v) is 3.58. The van der Waals surface area contributed by atoms with Crippen LogP contribution in [0.15, 0.2) is 18.2 Å². The lowest BCUT2D eigenvalue weighted by Crippen LogP contribution is -2.36. The average molecular weight is 279 g/mol. The Bertz CT molecular complexity index is 502. The van der Waals surface area contributed by atoms with Crippen molar-refractivity contribution in [2.45, 2.75) is 33.2 Å². The Balaban J connectivity index is 2.92. The summed E-state index contributed by atoms with van der Waals surface area (Å²) >= 11 is 0. The van der Waals surface area contributed by atoms with Crippen LogP contribution < -0.4 is 10.6 Å². The van der Waals surface area contributed by atoms with Crippen molar-refractivity contribution in [3.8, 4) is 0 Å². The average Bonchev–Trinajstić information content (AvgIpc) is 2.45. The van der Waals surface area contributed by atoms with Crippen LogP contribution >= 0.6 is 0 Å². The molecule has 0 aromatic heterocycles. The maximum Gasteiger partial charge on any atom is 0.292 e. The summed E-state index contributed by atoms with van der Waals surface area (Å²) in [5, 5.41) is 16.5. The highest BCUT2D eigenvalue weighted by Gasteiger charge is 2.18. The summed E-state index contributed by atoms with van der Waals surface area (Å²) in [5.74, 6) is 0.157. The number of nitrogens with one attached hydrogen (secondary N) is 2. The number of benzene rings is 1. The van der Waals surface area contributed by atoms with Crippen LogP contribution in [0.5, 0.6) is 0 Å². The van der Waals surface area contributed by atoms with E-state index >= 15 is 0 Å². The van der Waals surface area contributed by atoms with Crippen molar-refractivity contribution in [2.24, 2.45) is 5.92 Å². The number of rotatable bonds is 6. The molecule has 0 fully saturated rings. The molecule has 1 amide bonds. The minimum atomic E-state index is -0.477. The van der Waals surface area contributed by atoms with Gasteiger partial charge in [-0.15, -0.1) is 0 Å². The Morgan fingerprint density at radius 1 is 1.40 bits per heavy atom. The molecule has 1 rings (SSSR count). The second kappa shape index (κ2) is 6.88. The quantitative estimate of drug-likeness (QED) is 0.619. The molecular weight excluding hydrogens is 258 g/mol. The van der Waals surface area contributed by atoms with Crippen molar-refractivity contribution in [3.05, 3.63) is 33.9 Å². The van der Waals surface area contributed by atoms with Crippen molar-refractivity contribution < 1.29 is 9.72 Å². The van der Waals surface area contributed by atoms with E-state index in [1.807, 2.05) is 6.92 Å². The fourth-order valence-electron chi connectivity index (χ4n) is 1.82. The summed E-state index contributed by atoms with van der Waals surface area (Å²) in [7, 11) is 1.59. The molecule has 2 N–H and O–H groups in total. The van der Waals surface area contributed by atoms with Gasteiger partial charge in [0.2, 0.25) is 0 Å². The van der Waals surface area contributed by atoms with Gasteiger partial charge in [-0.1, -0.05) is 20.3 Å².